The predicted octanol–water partition coefficient (Wildman–Crippen LogP) is 2.43. The zero-order chi connectivity index (χ0) is 15.5. The molecule has 1 fully saturated rings. The molecule has 114 valence electrons. The SMILES string of the molecule is CC(=O)N1CCC(C(=O)Nc2cccc3ncccc23)CC1. The number of hydrogen-bond acceptors (Lipinski definition) is 3. The molecule has 1 aromatic carbocycles. The standard InChI is InChI=1S/C17H19N3O2/c1-12(21)20-10-7-13(8-11-20)17(22)19-16-6-2-5-15-14(16)4-3-9-18-15/h2-6,9,13H,7-8,10-11H2,1H3,(H,19,22). The van der Waals surface area contributed by atoms with Crippen LogP contribution in [-0.2, 0) is 9.59 Å². The summed E-state index contributed by atoms with van der Waals surface area (Å²) < 4.78 is 0. The number of likely N-dealkylation sites (tertiary alicyclic amines) is 1. The van der Waals surface area contributed by atoms with Gasteiger partial charge in [-0.05, 0) is 37.1 Å². The van der Waals surface area contributed by atoms with Crippen LogP contribution in [0.2, 0.25) is 0 Å². The largest absolute Gasteiger partial charge is 0.343 e. The summed E-state index contributed by atoms with van der Waals surface area (Å²) in [5, 5.41) is 3.96. The minimum atomic E-state index is -0.0393. The first-order valence-electron chi connectivity index (χ1n) is 7.55. The van der Waals surface area contributed by atoms with Crippen LogP contribution in [0.4, 0.5) is 5.69 Å². The number of nitrogens with one attached hydrogen (secondary N) is 1. The van der Waals surface area contributed by atoms with Crippen LogP contribution in [0.1, 0.15) is 19.8 Å². The molecular weight excluding hydrogens is 278 g/mol. The second-order valence-electron chi connectivity index (χ2n) is 5.65. The predicted molar refractivity (Wildman–Crippen MR) is 85.4 cm³/mol. The number of amides is 2. The van der Waals surface area contributed by atoms with Crippen molar-refractivity contribution in [1.82, 2.24) is 9.88 Å². The number of rotatable bonds is 2. The molecule has 5 heteroatoms. The number of carbonyl (C=O) groups is 2. The normalized spacial score (nSPS) is 15.8. The van der Waals surface area contributed by atoms with Gasteiger partial charge in [0, 0.05) is 37.5 Å². The summed E-state index contributed by atoms with van der Waals surface area (Å²) in [6.45, 7) is 2.89. The van der Waals surface area contributed by atoms with E-state index in [0.717, 1.165) is 16.6 Å². The van der Waals surface area contributed by atoms with Crippen LogP contribution in [0.3, 0.4) is 0 Å². The number of hydrogen-bond donors (Lipinski definition) is 1. The average molecular weight is 297 g/mol. The molecule has 1 N–H and O–H groups in total. The van der Waals surface area contributed by atoms with Gasteiger partial charge in [0.1, 0.15) is 0 Å². The Morgan fingerprint density at radius 3 is 2.68 bits per heavy atom. The Bertz CT molecular complexity index is 701. The fourth-order valence-electron chi connectivity index (χ4n) is 2.90. The Kier molecular flexibility index (Phi) is 4.04. The van der Waals surface area contributed by atoms with Crippen LogP contribution in [0.25, 0.3) is 10.9 Å². The van der Waals surface area contributed by atoms with E-state index in [9.17, 15) is 9.59 Å². The van der Waals surface area contributed by atoms with Crippen molar-refractivity contribution < 1.29 is 9.59 Å². The molecule has 0 radical (unpaired) electrons. The summed E-state index contributed by atoms with van der Waals surface area (Å²) in [4.78, 5) is 29.9. The number of anilines is 1. The van der Waals surface area contributed by atoms with E-state index in [1.807, 2.05) is 30.3 Å². The highest BCUT2D eigenvalue weighted by molar-refractivity contribution is 6.01. The van der Waals surface area contributed by atoms with Crippen molar-refractivity contribution in [2.24, 2.45) is 5.92 Å². The first kappa shape index (κ1) is 14.5. The van der Waals surface area contributed by atoms with Gasteiger partial charge in [-0.25, -0.2) is 0 Å². The molecule has 1 saturated heterocycles. The molecule has 2 amide bonds. The number of piperidine rings is 1. The van der Waals surface area contributed by atoms with Crippen molar-refractivity contribution in [3.05, 3.63) is 36.5 Å². The van der Waals surface area contributed by atoms with E-state index >= 15 is 0 Å². The van der Waals surface area contributed by atoms with Crippen LogP contribution in [0, 0.1) is 5.92 Å². The van der Waals surface area contributed by atoms with Gasteiger partial charge in [-0.2, -0.15) is 0 Å². The molecule has 0 atom stereocenters. The molecule has 3 rings (SSSR count). The smallest absolute Gasteiger partial charge is 0.227 e. The quantitative estimate of drug-likeness (QED) is 0.926. The van der Waals surface area contributed by atoms with Gasteiger partial charge in [0.2, 0.25) is 11.8 Å². The second-order valence-corrected chi connectivity index (χ2v) is 5.65. The van der Waals surface area contributed by atoms with Gasteiger partial charge < -0.3 is 10.2 Å². The van der Waals surface area contributed by atoms with Crippen LogP contribution in [0.5, 0.6) is 0 Å². The molecule has 0 unspecified atom stereocenters. The van der Waals surface area contributed by atoms with Crippen LogP contribution >= 0.6 is 0 Å². The number of pyridine rings is 1. The van der Waals surface area contributed by atoms with Crippen LogP contribution in [0.15, 0.2) is 36.5 Å². The van der Waals surface area contributed by atoms with Crippen molar-refractivity contribution in [3.8, 4) is 0 Å². The molecule has 5 nitrogen and oxygen atoms in total. The average Bonchev–Trinajstić information content (AvgIpc) is 2.55. The molecule has 0 spiro atoms. The Balaban J connectivity index is 1.70. The third kappa shape index (κ3) is 2.93. The molecule has 0 bridgehead atoms. The monoisotopic (exact) mass is 297 g/mol. The topological polar surface area (TPSA) is 62.3 Å². The number of nitrogens with zero attached hydrogens (tertiary/aromatic N) is 2. The van der Waals surface area contributed by atoms with E-state index in [-0.39, 0.29) is 17.7 Å². The minimum Gasteiger partial charge on any atom is -0.343 e. The summed E-state index contributed by atoms with van der Waals surface area (Å²) >= 11 is 0. The van der Waals surface area contributed by atoms with Crippen molar-refractivity contribution in [3.63, 3.8) is 0 Å². The Morgan fingerprint density at radius 2 is 1.95 bits per heavy atom. The minimum absolute atomic E-state index is 0.0274. The fraction of sp³-hybridized carbons (Fsp3) is 0.353. The molecule has 1 aliphatic rings. The molecule has 22 heavy (non-hydrogen) atoms. The van der Waals surface area contributed by atoms with Gasteiger partial charge in [0.05, 0.1) is 11.2 Å². The van der Waals surface area contributed by atoms with Crippen molar-refractivity contribution >= 4 is 28.4 Å². The van der Waals surface area contributed by atoms with E-state index in [1.54, 1.807) is 18.0 Å². The number of benzene rings is 1. The van der Waals surface area contributed by atoms with Gasteiger partial charge in [-0.1, -0.05) is 6.07 Å². The number of aromatic nitrogens is 1. The fourth-order valence-corrected chi connectivity index (χ4v) is 2.90. The lowest BCUT2D eigenvalue weighted by Crippen LogP contribution is -2.40. The summed E-state index contributed by atoms with van der Waals surface area (Å²) in [7, 11) is 0. The number of carbonyl (C=O) groups excluding carboxylic acids is 2. The second kappa shape index (κ2) is 6.13. The molecule has 2 aromatic rings. The zero-order valence-electron chi connectivity index (χ0n) is 12.6. The Morgan fingerprint density at radius 1 is 1.18 bits per heavy atom. The summed E-state index contributed by atoms with van der Waals surface area (Å²) in [6, 6.07) is 9.53. The molecule has 0 saturated carbocycles. The van der Waals surface area contributed by atoms with Crippen LogP contribution < -0.4 is 5.32 Å². The van der Waals surface area contributed by atoms with Gasteiger partial charge in [-0.3, -0.25) is 14.6 Å². The maximum absolute atomic E-state index is 12.5. The van der Waals surface area contributed by atoms with Crippen molar-refractivity contribution in [2.45, 2.75) is 19.8 Å². The molecule has 0 aliphatic carbocycles. The molecule has 1 aromatic heterocycles. The highest BCUT2D eigenvalue weighted by Crippen LogP contribution is 2.24. The third-order valence-electron chi connectivity index (χ3n) is 4.21. The molecular formula is C17H19N3O2. The highest BCUT2D eigenvalue weighted by Gasteiger charge is 2.26. The lowest BCUT2D eigenvalue weighted by Gasteiger charge is -2.30. The van der Waals surface area contributed by atoms with E-state index in [4.69, 9.17) is 0 Å². The van der Waals surface area contributed by atoms with Crippen LogP contribution in [-0.4, -0.2) is 34.8 Å². The van der Waals surface area contributed by atoms with Gasteiger partial charge >= 0.3 is 0 Å². The van der Waals surface area contributed by atoms with Gasteiger partial charge in [0.15, 0.2) is 0 Å². The third-order valence-corrected chi connectivity index (χ3v) is 4.21. The van der Waals surface area contributed by atoms with E-state index in [0.29, 0.717) is 25.9 Å². The summed E-state index contributed by atoms with van der Waals surface area (Å²) in [5.74, 6) is 0.0704. The first-order chi connectivity index (χ1) is 10.6. The van der Waals surface area contributed by atoms with E-state index < -0.39 is 0 Å². The van der Waals surface area contributed by atoms with Gasteiger partial charge in [0.25, 0.3) is 0 Å². The Hall–Kier alpha value is -2.43. The lowest BCUT2D eigenvalue weighted by atomic mass is 9.95. The van der Waals surface area contributed by atoms with Crippen molar-refractivity contribution in [1.29, 1.82) is 0 Å². The molecule has 2 heterocycles. The van der Waals surface area contributed by atoms with Crippen molar-refractivity contribution in [2.75, 3.05) is 18.4 Å². The lowest BCUT2D eigenvalue weighted by molar-refractivity contribution is -0.132. The maximum Gasteiger partial charge on any atom is 0.227 e. The summed E-state index contributed by atoms with van der Waals surface area (Å²) in [5.41, 5.74) is 1.66. The zero-order valence-corrected chi connectivity index (χ0v) is 12.6. The van der Waals surface area contributed by atoms with E-state index in [2.05, 4.69) is 10.3 Å². The van der Waals surface area contributed by atoms with Gasteiger partial charge in [-0.15, -0.1) is 0 Å². The highest BCUT2D eigenvalue weighted by atomic mass is 16.2. The molecule has 1 aliphatic heterocycles. The number of fused-ring (bicyclic) bond motifs is 1. The first-order valence-corrected chi connectivity index (χ1v) is 7.55. The van der Waals surface area contributed by atoms with E-state index in [1.165, 1.54) is 0 Å². The Labute approximate surface area is 129 Å². The summed E-state index contributed by atoms with van der Waals surface area (Å²) in [6.07, 6.45) is 3.17. The maximum atomic E-state index is 12.5.